The molecule has 2 aliphatic rings. The lowest BCUT2D eigenvalue weighted by molar-refractivity contribution is 0.267. The Balaban J connectivity index is 1.91. The minimum Gasteiger partial charge on any atom is -0.333 e. The first-order valence-corrected chi connectivity index (χ1v) is 7.82. The Morgan fingerprint density at radius 3 is 2.70 bits per heavy atom. The van der Waals surface area contributed by atoms with Crippen LogP contribution in [0.15, 0.2) is 59.7 Å². The van der Waals surface area contributed by atoms with Crippen molar-refractivity contribution in [3.63, 3.8) is 0 Å². The van der Waals surface area contributed by atoms with Crippen molar-refractivity contribution in [2.24, 2.45) is 4.99 Å². The second kappa shape index (κ2) is 4.63. The molecule has 0 aliphatic carbocycles. The Bertz CT molecular complexity index is 600. The molecule has 0 radical (unpaired) electrons. The van der Waals surface area contributed by atoms with E-state index in [0.717, 1.165) is 24.5 Å². The maximum absolute atomic E-state index is 4.77. The summed E-state index contributed by atoms with van der Waals surface area (Å²) in [6.45, 7) is 1.80. The summed E-state index contributed by atoms with van der Waals surface area (Å²) < 4.78 is 0. The van der Waals surface area contributed by atoms with Gasteiger partial charge < -0.3 is 4.90 Å². The molecule has 0 saturated carbocycles. The summed E-state index contributed by atoms with van der Waals surface area (Å²) in [6.07, 6.45) is 1.88. The number of thioether (sulfide) groups is 1. The number of rotatable bonds is 2. The molecule has 0 amide bonds. The topological polar surface area (TPSA) is 28.5 Å². The largest absolute Gasteiger partial charge is 0.333 e. The first-order chi connectivity index (χ1) is 9.91. The number of fused-ring (bicyclic) bond motifs is 1. The number of amidine groups is 1. The second-order valence-corrected chi connectivity index (χ2v) is 6.10. The monoisotopic (exact) mass is 281 g/mol. The fourth-order valence-corrected chi connectivity index (χ4v) is 4.11. The van der Waals surface area contributed by atoms with Gasteiger partial charge in [0.1, 0.15) is 5.54 Å². The molecule has 1 unspecified atom stereocenters. The van der Waals surface area contributed by atoms with Gasteiger partial charge in [-0.15, -0.1) is 0 Å². The highest BCUT2D eigenvalue weighted by molar-refractivity contribution is 8.14. The molecular formula is C16H15N3S. The van der Waals surface area contributed by atoms with Gasteiger partial charge in [0.15, 0.2) is 5.17 Å². The average Bonchev–Trinajstić information content (AvgIpc) is 3.11. The Labute approximate surface area is 122 Å². The maximum Gasteiger partial charge on any atom is 0.160 e. The van der Waals surface area contributed by atoms with Crippen molar-refractivity contribution in [3.8, 4) is 0 Å². The molecule has 0 spiro atoms. The van der Waals surface area contributed by atoms with Gasteiger partial charge in [-0.25, -0.2) is 0 Å². The van der Waals surface area contributed by atoms with Gasteiger partial charge in [-0.3, -0.25) is 9.98 Å². The second-order valence-electron chi connectivity index (χ2n) is 5.04. The molecule has 1 fully saturated rings. The Morgan fingerprint density at radius 1 is 1.05 bits per heavy atom. The maximum atomic E-state index is 4.77. The molecule has 1 aromatic carbocycles. The van der Waals surface area contributed by atoms with Crippen molar-refractivity contribution < 1.29 is 0 Å². The quantitative estimate of drug-likeness (QED) is 0.847. The summed E-state index contributed by atoms with van der Waals surface area (Å²) in [5.74, 6) is 1.11. The zero-order valence-corrected chi connectivity index (χ0v) is 11.9. The number of aliphatic imine (C=N–C) groups is 1. The van der Waals surface area contributed by atoms with Gasteiger partial charge >= 0.3 is 0 Å². The van der Waals surface area contributed by atoms with E-state index in [-0.39, 0.29) is 5.54 Å². The zero-order valence-electron chi connectivity index (χ0n) is 11.1. The number of benzene rings is 1. The van der Waals surface area contributed by atoms with Crippen molar-refractivity contribution in [3.05, 3.63) is 66.0 Å². The summed E-state index contributed by atoms with van der Waals surface area (Å²) in [5, 5.41) is 1.17. The van der Waals surface area contributed by atoms with E-state index in [0.29, 0.717) is 0 Å². The minimum atomic E-state index is -0.221. The lowest BCUT2D eigenvalue weighted by Crippen LogP contribution is -2.46. The van der Waals surface area contributed by atoms with Gasteiger partial charge in [0.2, 0.25) is 0 Å². The number of hydrogen-bond donors (Lipinski definition) is 0. The summed E-state index contributed by atoms with van der Waals surface area (Å²) in [5.41, 5.74) is 2.15. The molecule has 20 heavy (non-hydrogen) atoms. The Kier molecular flexibility index (Phi) is 2.77. The molecule has 1 saturated heterocycles. The van der Waals surface area contributed by atoms with Gasteiger partial charge in [-0.05, 0) is 17.7 Å². The molecule has 0 bridgehead atoms. The van der Waals surface area contributed by atoms with E-state index in [4.69, 9.17) is 4.99 Å². The van der Waals surface area contributed by atoms with E-state index >= 15 is 0 Å². The third kappa shape index (κ3) is 1.61. The zero-order chi connectivity index (χ0) is 13.4. The van der Waals surface area contributed by atoms with Crippen LogP contribution in [0.3, 0.4) is 0 Å². The molecule has 1 atom stereocenters. The molecular weight excluding hydrogens is 266 g/mol. The van der Waals surface area contributed by atoms with Crippen LogP contribution < -0.4 is 0 Å². The van der Waals surface area contributed by atoms with Crippen LogP contribution in [0.1, 0.15) is 11.3 Å². The highest BCUT2D eigenvalue weighted by Gasteiger charge is 2.48. The predicted octanol–water partition coefficient (Wildman–Crippen LogP) is 2.74. The van der Waals surface area contributed by atoms with Crippen molar-refractivity contribution in [1.29, 1.82) is 0 Å². The van der Waals surface area contributed by atoms with E-state index in [1.807, 2.05) is 24.0 Å². The first-order valence-electron chi connectivity index (χ1n) is 6.83. The fourth-order valence-electron chi connectivity index (χ4n) is 3.09. The van der Waals surface area contributed by atoms with Crippen LogP contribution in [0.5, 0.6) is 0 Å². The lowest BCUT2D eigenvalue weighted by Gasteiger charge is -2.37. The molecule has 2 aromatic rings. The van der Waals surface area contributed by atoms with E-state index in [1.165, 1.54) is 10.7 Å². The van der Waals surface area contributed by atoms with Gasteiger partial charge in [-0.2, -0.15) is 0 Å². The Morgan fingerprint density at radius 2 is 1.90 bits per heavy atom. The predicted molar refractivity (Wildman–Crippen MR) is 82.9 cm³/mol. The molecule has 1 aromatic heterocycles. The minimum absolute atomic E-state index is 0.221. The molecule has 3 heterocycles. The smallest absolute Gasteiger partial charge is 0.160 e. The third-order valence-corrected chi connectivity index (χ3v) is 5.02. The van der Waals surface area contributed by atoms with E-state index in [1.54, 1.807) is 0 Å². The van der Waals surface area contributed by atoms with Crippen molar-refractivity contribution in [2.75, 3.05) is 18.8 Å². The normalized spacial score (nSPS) is 24.6. The van der Waals surface area contributed by atoms with Crippen LogP contribution in [-0.2, 0) is 5.54 Å². The van der Waals surface area contributed by atoms with E-state index in [9.17, 15) is 0 Å². The van der Waals surface area contributed by atoms with Gasteiger partial charge in [0.05, 0.1) is 12.2 Å². The summed E-state index contributed by atoms with van der Waals surface area (Å²) >= 11 is 1.85. The van der Waals surface area contributed by atoms with Crippen LogP contribution >= 0.6 is 11.8 Å². The summed E-state index contributed by atoms with van der Waals surface area (Å²) in [4.78, 5) is 11.8. The standard InChI is InChI=1S/C16H15N3S/c1-2-6-13(7-3-1)16(14-8-4-5-9-17-14)12-18-15-19(16)10-11-20-15/h1-9H,10-12H2. The van der Waals surface area contributed by atoms with Crippen molar-refractivity contribution in [1.82, 2.24) is 9.88 Å². The number of aromatic nitrogens is 1. The molecule has 4 rings (SSSR count). The third-order valence-electron chi connectivity index (χ3n) is 4.02. The Hall–Kier alpha value is -1.81. The van der Waals surface area contributed by atoms with Gasteiger partial charge in [0.25, 0.3) is 0 Å². The SMILES string of the molecule is c1ccc(C2(c3ccccn3)CN=C3SCCN32)cc1. The van der Waals surface area contributed by atoms with Crippen LogP contribution in [0.2, 0.25) is 0 Å². The van der Waals surface area contributed by atoms with E-state index < -0.39 is 0 Å². The molecule has 100 valence electrons. The average molecular weight is 281 g/mol. The van der Waals surface area contributed by atoms with Crippen molar-refractivity contribution >= 4 is 16.9 Å². The van der Waals surface area contributed by atoms with Gasteiger partial charge in [-0.1, -0.05) is 48.2 Å². The van der Waals surface area contributed by atoms with E-state index in [2.05, 4.69) is 52.3 Å². The highest BCUT2D eigenvalue weighted by atomic mass is 32.2. The number of hydrogen-bond acceptors (Lipinski definition) is 4. The lowest BCUT2D eigenvalue weighted by atomic mass is 9.85. The molecule has 2 aliphatic heterocycles. The summed E-state index contributed by atoms with van der Waals surface area (Å²) in [6, 6.07) is 16.8. The number of pyridine rings is 1. The van der Waals surface area contributed by atoms with Crippen LogP contribution in [0, 0.1) is 0 Å². The van der Waals surface area contributed by atoms with Crippen LogP contribution in [0.4, 0.5) is 0 Å². The molecule has 0 N–H and O–H groups in total. The van der Waals surface area contributed by atoms with Crippen molar-refractivity contribution in [2.45, 2.75) is 5.54 Å². The van der Waals surface area contributed by atoms with Gasteiger partial charge in [0, 0.05) is 18.5 Å². The number of nitrogens with zero attached hydrogens (tertiary/aromatic N) is 3. The summed E-state index contributed by atoms with van der Waals surface area (Å²) in [7, 11) is 0. The first kappa shape index (κ1) is 12.0. The highest BCUT2D eigenvalue weighted by Crippen LogP contribution is 2.43. The molecule has 3 nitrogen and oxygen atoms in total. The fraction of sp³-hybridized carbons (Fsp3) is 0.250. The van der Waals surface area contributed by atoms with Crippen LogP contribution in [0.25, 0.3) is 0 Å². The molecule has 4 heteroatoms. The van der Waals surface area contributed by atoms with Crippen LogP contribution in [-0.4, -0.2) is 33.9 Å².